The number of nitrogens with zero attached hydrogens (tertiary/aromatic N) is 4. The number of aryl methyl sites for hydroxylation is 1. The Morgan fingerprint density at radius 2 is 1.79 bits per heavy atom. The fourth-order valence-electron chi connectivity index (χ4n) is 4.37. The maximum atomic E-state index is 12.9. The molecule has 3 heterocycles. The molecule has 3 amide bonds. The number of carbonyl (C=O) groups is 3. The van der Waals surface area contributed by atoms with Crippen molar-refractivity contribution in [2.45, 2.75) is 13.3 Å². The highest BCUT2D eigenvalue weighted by molar-refractivity contribution is 7.22. The molecule has 0 radical (unpaired) electrons. The van der Waals surface area contributed by atoms with E-state index in [9.17, 15) is 14.4 Å². The number of anilines is 2. The van der Waals surface area contributed by atoms with Gasteiger partial charge >= 0.3 is 0 Å². The summed E-state index contributed by atoms with van der Waals surface area (Å²) in [5.74, 6) is -0.680. The molecular formula is C25H27N5O3S. The topological polar surface area (TPSA) is 85.8 Å². The van der Waals surface area contributed by atoms with Crippen molar-refractivity contribution in [3.63, 3.8) is 0 Å². The molecule has 8 nitrogen and oxygen atoms in total. The first-order valence-electron chi connectivity index (χ1n) is 11.4. The molecule has 2 aromatic carbocycles. The van der Waals surface area contributed by atoms with Crippen LogP contribution < -0.4 is 10.2 Å². The van der Waals surface area contributed by atoms with E-state index < -0.39 is 5.92 Å². The first kappa shape index (κ1) is 22.5. The van der Waals surface area contributed by atoms with Gasteiger partial charge in [0.1, 0.15) is 0 Å². The Balaban J connectivity index is 1.26. The van der Waals surface area contributed by atoms with Gasteiger partial charge in [-0.05, 0) is 44.3 Å². The zero-order chi connectivity index (χ0) is 23.8. The van der Waals surface area contributed by atoms with Crippen LogP contribution in [0.2, 0.25) is 0 Å². The molecular weight excluding hydrogens is 450 g/mol. The third-order valence-corrected chi connectivity index (χ3v) is 7.43. The van der Waals surface area contributed by atoms with E-state index >= 15 is 0 Å². The monoisotopic (exact) mass is 477 g/mol. The summed E-state index contributed by atoms with van der Waals surface area (Å²) in [5, 5.41) is 3.36. The molecule has 1 atom stereocenters. The minimum absolute atomic E-state index is 0.0228. The Bertz CT molecular complexity index is 1250. The number of benzene rings is 2. The largest absolute Gasteiger partial charge is 0.336 e. The van der Waals surface area contributed by atoms with Gasteiger partial charge in [0.05, 0.1) is 16.1 Å². The van der Waals surface area contributed by atoms with Crippen molar-refractivity contribution in [1.29, 1.82) is 0 Å². The number of hydrogen-bond acceptors (Lipinski definition) is 6. The summed E-state index contributed by atoms with van der Waals surface area (Å²) < 4.78 is 0.846. The molecule has 1 aromatic heterocycles. The Kier molecular flexibility index (Phi) is 6.05. The first-order chi connectivity index (χ1) is 16.4. The molecule has 9 heteroatoms. The number of fused-ring (bicyclic) bond motifs is 1. The second kappa shape index (κ2) is 9.15. The minimum atomic E-state index is -0.435. The lowest BCUT2D eigenvalue weighted by Crippen LogP contribution is -2.47. The Morgan fingerprint density at radius 3 is 2.53 bits per heavy atom. The van der Waals surface area contributed by atoms with Gasteiger partial charge in [0.25, 0.3) is 5.91 Å². The van der Waals surface area contributed by atoms with Crippen molar-refractivity contribution in [3.05, 3.63) is 53.6 Å². The standard InChI is InChI=1S/C25H27N5O3S/c1-16-3-6-19(7-4-16)30-15-18(14-22(30)31)23(32)27-25-26-20-8-5-17(13-21(20)34-25)24(33)29-11-9-28(2)10-12-29/h3-8,13,18H,9-12,14-15H2,1-2H3,(H,26,27,32). The molecule has 2 fully saturated rings. The van der Waals surface area contributed by atoms with Gasteiger partial charge in [-0.25, -0.2) is 4.98 Å². The van der Waals surface area contributed by atoms with Gasteiger partial charge in [0.15, 0.2) is 5.13 Å². The van der Waals surface area contributed by atoms with E-state index in [-0.39, 0.29) is 24.1 Å². The van der Waals surface area contributed by atoms with Crippen molar-refractivity contribution in [2.75, 3.05) is 50.0 Å². The van der Waals surface area contributed by atoms with Crippen LogP contribution in [0.4, 0.5) is 10.8 Å². The second-order valence-corrected chi connectivity index (χ2v) is 10.1. The normalized spacial score (nSPS) is 19.1. The fourth-order valence-corrected chi connectivity index (χ4v) is 5.28. The van der Waals surface area contributed by atoms with E-state index in [0.29, 0.717) is 17.2 Å². The van der Waals surface area contributed by atoms with Gasteiger partial charge in [-0.2, -0.15) is 0 Å². The molecule has 176 valence electrons. The lowest BCUT2D eigenvalue weighted by atomic mass is 10.1. The Labute approximate surface area is 202 Å². The SMILES string of the molecule is Cc1ccc(N2CC(C(=O)Nc3nc4ccc(C(=O)N5CCN(C)CC5)cc4s3)CC2=O)cc1. The van der Waals surface area contributed by atoms with Crippen molar-refractivity contribution in [2.24, 2.45) is 5.92 Å². The molecule has 0 aliphatic carbocycles. The van der Waals surface area contributed by atoms with E-state index in [1.54, 1.807) is 11.0 Å². The highest BCUT2D eigenvalue weighted by Gasteiger charge is 2.35. The predicted octanol–water partition coefficient (Wildman–Crippen LogP) is 2.98. The molecule has 5 rings (SSSR count). The molecule has 1 unspecified atom stereocenters. The molecule has 3 aromatic rings. The summed E-state index contributed by atoms with van der Waals surface area (Å²) in [5.41, 5.74) is 3.30. The predicted molar refractivity (Wildman–Crippen MR) is 133 cm³/mol. The van der Waals surface area contributed by atoms with Crippen LogP contribution in [0, 0.1) is 12.8 Å². The lowest BCUT2D eigenvalue weighted by Gasteiger charge is -2.32. The second-order valence-electron chi connectivity index (χ2n) is 9.03. The van der Waals surface area contributed by atoms with Crippen LogP contribution in [0.5, 0.6) is 0 Å². The minimum Gasteiger partial charge on any atom is -0.336 e. The highest BCUT2D eigenvalue weighted by atomic mass is 32.1. The number of amides is 3. The van der Waals surface area contributed by atoms with Crippen LogP contribution in [0.15, 0.2) is 42.5 Å². The van der Waals surface area contributed by atoms with Crippen LogP contribution in [-0.2, 0) is 9.59 Å². The van der Waals surface area contributed by atoms with Gasteiger partial charge in [0.2, 0.25) is 11.8 Å². The summed E-state index contributed by atoms with van der Waals surface area (Å²) in [7, 11) is 2.06. The molecule has 0 spiro atoms. The maximum Gasteiger partial charge on any atom is 0.253 e. The molecule has 0 saturated carbocycles. The summed E-state index contributed by atoms with van der Waals surface area (Å²) in [6.45, 7) is 5.52. The van der Waals surface area contributed by atoms with E-state index in [1.165, 1.54) is 11.3 Å². The van der Waals surface area contributed by atoms with Crippen LogP contribution in [0.25, 0.3) is 10.2 Å². The van der Waals surface area contributed by atoms with Gasteiger partial charge in [-0.1, -0.05) is 29.0 Å². The summed E-state index contributed by atoms with van der Waals surface area (Å²) in [6, 6.07) is 13.2. The Hall–Kier alpha value is -3.30. The molecule has 2 aliphatic heterocycles. The number of nitrogens with one attached hydrogen (secondary N) is 1. The number of hydrogen-bond donors (Lipinski definition) is 1. The van der Waals surface area contributed by atoms with Gasteiger partial charge in [-0.15, -0.1) is 0 Å². The fraction of sp³-hybridized carbons (Fsp3) is 0.360. The highest BCUT2D eigenvalue weighted by Crippen LogP contribution is 2.30. The van der Waals surface area contributed by atoms with Crippen LogP contribution >= 0.6 is 11.3 Å². The number of piperazine rings is 1. The summed E-state index contributed by atoms with van der Waals surface area (Å²) >= 11 is 1.34. The van der Waals surface area contributed by atoms with Crippen LogP contribution in [0.3, 0.4) is 0 Å². The van der Waals surface area contributed by atoms with Gasteiger partial charge in [-0.3, -0.25) is 14.4 Å². The zero-order valence-electron chi connectivity index (χ0n) is 19.3. The molecule has 1 N–H and O–H groups in total. The van der Waals surface area contributed by atoms with Crippen molar-refractivity contribution < 1.29 is 14.4 Å². The van der Waals surface area contributed by atoms with Gasteiger partial charge < -0.3 is 20.0 Å². The first-order valence-corrected chi connectivity index (χ1v) is 12.3. The Morgan fingerprint density at radius 1 is 1.06 bits per heavy atom. The van der Waals surface area contributed by atoms with Crippen LogP contribution in [-0.4, -0.2) is 72.3 Å². The number of rotatable bonds is 4. The van der Waals surface area contributed by atoms with Crippen LogP contribution in [0.1, 0.15) is 22.3 Å². The van der Waals surface area contributed by atoms with Gasteiger partial charge in [0, 0.05) is 50.4 Å². The number of thiazole rings is 1. The molecule has 2 aliphatic rings. The van der Waals surface area contributed by atoms with E-state index in [1.807, 2.05) is 48.2 Å². The van der Waals surface area contributed by atoms with Crippen molar-refractivity contribution in [1.82, 2.24) is 14.8 Å². The quantitative estimate of drug-likeness (QED) is 0.625. The molecule has 2 saturated heterocycles. The number of likely N-dealkylation sites (N-methyl/N-ethyl adjacent to an activating group) is 1. The maximum absolute atomic E-state index is 12.9. The zero-order valence-corrected chi connectivity index (χ0v) is 20.1. The molecule has 34 heavy (non-hydrogen) atoms. The summed E-state index contributed by atoms with van der Waals surface area (Å²) in [6.07, 6.45) is 0.175. The number of aromatic nitrogens is 1. The van der Waals surface area contributed by atoms with Crippen molar-refractivity contribution >= 4 is 50.1 Å². The van der Waals surface area contributed by atoms with Crippen molar-refractivity contribution in [3.8, 4) is 0 Å². The lowest BCUT2D eigenvalue weighted by molar-refractivity contribution is -0.122. The average molecular weight is 478 g/mol. The third kappa shape index (κ3) is 4.53. The van der Waals surface area contributed by atoms with E-state index in [2.05, 4.69) is 22.2 Å². The van der Waals surface area contributed by atoms with E-state index in [0.717, 1.165) is 47.6 Å². The smallest absolute Gasteiger partial charge is 0.253 e. The molecule has 0 bridgehead atoms. The third-order valence-electron chi connectivity index (χ3n) is 6.50. The van der Waals surface area contributed by atoms with E-state index in [4.69, 9.17) is 0 Å². The summed E-state index contributed by atoms with van der Waals surface area (Å²) in [4.78, 5) is 48.6. The number of carbonyl (C=O) groups excluding carboxylic acids is 3. The average Bonchev–Trinajstić information content (AvgIpc) is 3.42.